The van der Waals surface area contributed by atoms with Crippen LogP contribution in [0.1, 0.15) is 12.8 Å². The molecule has 3 heteroatoms. The van der Waals surface area contributed by atoms with E-state index in [1.54, 1.807) is 0 Å². The SMILES string of the molecule is OCCOCCNCC1CC1. The summed E-state index contributed by atoms with van der Waals surface area (Å²) in [5.74, 6) is 0.938. The van der Waals surface area contributed by atoms with E-state index in [0.29, 0.717) is 13.2 Å². The van der Waals surface area contributed by atoms with E-state index >= 15 is 0 Å². The Hall–Kier alpha value is -0.120. The number of nitrogens with one attached hydrogen (secondary N) is 1. The summed E-state index contributed by atoms with van der Waals surface area (Å²) in [6, 6.07) is 0. The normalized spacial score (nSPS) is 17.2. The molecule has 1 aliphatic rings. The summed E-state index contributed by atoms with van der Waals surface area (Å²) in [5, 5.41) is 11.7. The van der Waals surface area contributed by atoms with Gasteiger partial charge in [-0.25, -0.2) is 0 Å². The molecule has 0 saturated heterocycles. The van der Waals surface area contributed by atoms with Crippen LogP contribution in [0.25, 0.3) is 0 Å². The molecule has 0 radical (unpaired) electrons. The second-order valence-electron chi connectivity index (χ2n) is 2.98. The van der Waals surface area contributed by atoms with Crippen LogP contribution in [0.2, 0.25) is 0 Å². The van der Waals surface area contributed by atoms with Crippen LogP contribution in [-0.2, 0) is 4.74 Å². The van der Waals surface area contributed by atoms with Gasteiger partial charge in [-0.2, -0.15) is 0 Å². The van der Waals surface area contributed by atoms with Crippen molar-refractivity contribution in [2.24, 2.45) is 5.92 Å². The highest BCUT2D eigenvalue weighted by Gasteiger charge is 2.19. The second-order valence-corrected chi connectivity index (χ2v) is 2.98. The molecule has 0 aromatic rings. The number of ether oxygens (including phenoxy) is 1. The van der Waals surface area contributed by atoms with E-state index in [1.165, 1.54) is 12.8 Å². The van der Waals surface area contributed by atoms with Crippen LogP contribution in [0.15, 0.2) is 0 Å². The van der Waals surface area contributed by atoms with E-state index in [0.717, 1.165) is 19.0 Å². The maximum absolute atomic E-state index is 8.38. The molecule has 0 aliphatic heterocycles. The summed E-state index contributed by atoms with van der Waals surface area (Å²) in [7, 11) is 0. The average molecular weight is 159 g/mol. The van der Waals surface area contributed by atoms with E-state index in [1.807, 2.05) is 0 Å². The van der Waals surface area contributed by atoms with Gasteiger partial charge in [-0.3, -0.25) is 0 Å². The van der Waals surface area contributed by atoms with Gasteiger partial charge in [0.15, 0.2) is 0 Å². The molecule has 0 bridgehead atoms. The molecule has 0 amide bonds. The lowest BCUT2D eigenvalue weighted by atomic mass is 10.4. The maximum Gasteiger partial charge on any atom is 0.0698 e. The Kier molecular flexibility index (Phi) is 4.50. The first kappa shape index (κ1) is 8.97. The zero-order valence-electron chi connectivity index (χ0n) is 6.88. The zero-order valence-corrected chi connectivity index (χ0v) is 6.88. The molecule has 0 heterocycles. The van der Waals surface area contributed by atoms with Crippen LogP contribution >= 0.6 is 0 Å². The summed E-state index contributed by atoms with van der Waals surface area (Å²) >= 11 is 0. The van der Waals surface area contributed by atoms with E-state index < -0.39 is 0 Å². The fourth-order valence-corrected chi connectivity index (χ4v) is 0.939. The largest absolute Gasteiger partial charge is 0.394 e. The lowest BCUT2D eigenvalue weighted by Gasteiger charge is -2.03. The molecule has 66 valence electrons. The molecule has 0 spiro atoms. The second kappa shape index (κ2) is 5.52. The molecular weight excluding hydrogens is 142 g/mol. The fraction of sp³-hybridized carbons (Fsp3) is 1.00. The van der Waals surface area contributed by atoms with Crippen LogP contribution in [-0.4, -0.2) is 38.0 Å². The van der Waals surface area contributed by atoms with Gasteiger partial charge in [0, 0.05) is 6.54 Å². The van der Waals surface area contributed by atoms with Gasteiger partial charge in [-0.1, -0.05) is 0 Å². The fourth-order valence-electron chi connectivity index (χ4n) is 0.939. The summed E-state index contributed by atoms with van der Waals surface area (Å²) < 4.78 is 5.07. The highest BCUT2D eigenvalue weighted by Crippen LogP contribution is 2.27. The van der Waals surface area contributed by atoms with Crippen molar-refractivity contribution < 1.29 is 9.84 Å². The van der Waals surface area contributed by atoms with Crippen molar-refractivity contribution >= 4 is 0 Å². The van der Waals surface area contributed by atoms with Crippen molar-refractivity contribution in [3.05, 3.63) is 0 Å². The minimum atomic E-state index is 0.128. The average Bonchev–Trinajstić information content (AvgIpc) is 2.80. The molecule has 0 atom stereocenters. The Morgan fingerprint density at radius 3 is 2.82 bits per heavy atom. The lowest BCUT2D eigenvalue weighted by Crippen LogP contribution is -2.22. The first-order chi connectivity index (χ1) is 5.43. The van der Waals surface area contributed by atoms with Gasteiger partial charge in [0.2, 0.25) is 0 Å². The molecule has 11 heavy (non-hydrogen) atoms. The zero-order chi connectivity index (χ0) is 7.94. The van der Waals surface area contributed by atoms with E-state index in [9.17, 15) is 0 Å². The number of hydrogen-bond donors (Lipinski definition) is 2. The van der Waals surface area contributed by atoms with Gasteiger partial charge < -0.3 is 15.2 Å². The molecule has 0 unspecified atom stereocenters. The number of aliphatic hydroxyl groups is 1. The number of hydrogen-bond acceptors (Lipinski definition) is 3. The molecule has 1 fully saturated rings. The Morgan fingerprint density at radius 1 is 1.36 bits per heavy atom. The quantitative estimate of drug-likeness (QED) is 0.514. The molecule has 0 aromatic carbocycles. The summed E-state index contributed by atoms with van der Waals surface area (Å²) in [5.41, 5.74) is 0. The van der Waals surface area contributed by atoms with E-state index in [4.69, 9.17) is 9.84 Å². The minimum absolute atomic E-state index is 0.128. The predicted octanol–water partition coefficient (Wildman–Crippen LogP) is -0.00510. The van der Waals surface area contributed by atoms with Crippen molar-refractivity contribution in [2.75, 3.05) is 32.9 Å². The Labute approximate surface area is 67.7 Å². The van der Waals surface area contributed by atoms with Gasteiger partial charge in [-0.15, -0.1) is 0 Å². The number of rotatable bonds is 7. The van der Waals surface area contributed by atoms with Gasteiger partial charge in [0.05, 0.1) is 19.8 Å². The molecule has 1 saturated carbocycles. The van der Waals surface area contributed by atoms with Gasteiger partial charge in [-0.05, 0) is 25.3 Å². The first-order valence-electron chi connectivity index (χ1n) is 4.33. The summed E-state index contributed by atoms with van der Waals surface area (Å²) in [4.78, 5) is 0. The van der Waals surface area contributed by atoms with Gasteiger partial charge in [0.25, 0.3) is 0 Å². The monoisotopic (exact) mass is 159 g/mol. The highest BCUT2D eigenvalue weighted by atomic mass is 16.5. The third-order valence-electron chi connectivity index (χ3n) is 1.79. The van der Waals surface area contributed by atoms with Gasteiger partial charge in [0.1, 0.15) is 0 Å². The van der Waals surface area contributed by atoms with Crippen molar-refractivity contribution in [3.8, 4) is 0 Å². The van der Waals surface area contributed by atoms with Crippen molar-refractivity contribution in [2.45, 2.75) is 12.8 Å². The van der Waals surface area contributed by atoms with Crippen LogP contribution in [0.5, 0.6) is 0 Å². The standard InChI is InChI=1S/C8H17NO2/c10-4-6-11-5-3-9-7-8-1-2-8/h8-10H,1-7H2. The van der Waals surface area contributed by atoms with Crippen molar-refractivity contribution in [1.29, 1.82) is 0 Å². The summed E-state index contributed by atoms with van der Waals surface area (Å²) in [6.07, 6.45) is 2.79. The molecule has 2 N–H and O–H groups in total. The highest BCUT2D eigenvalue weighted by molar-refractivity contribution is 4.74. The maximum atomic E-state index is 8.38. The Morgan fingerprint density at radius 2 is 2.18 bits per heavy atom. The van der Waals surface area contributed by atoms with Gasteiger partial charge >= 0.3 is 0 Å². The van der Waals surface area contributed by atoms with Crippen LogP contribution in [0, 0.1) is 5.92 Å². The van der Waals surface area contributed by atoms with E-state index in [-0.39, 0.29) is 6.61 Å². The molecule has 1 rings (SSSR count). The third kappa shape index (κ3) is 5.18. The van der Waals surface area contributed by atoms with Crippen LogP contribution in [0.3, 0.4) is 0 Å². The van der Waals surface area contributed by atoms with Crippen molar-refractivity contribution in [3.63, 3.8) is 0 Å². The first-order valence-corrected chi connectivity index (χ1v) is 4.33. The summed E-state index contributed by atoms with van der Waals surface area (Å²) in [6.45, 7) is 3.36. The lowest BCUT2D eigenvalue weighted by molar-refractivity contribution is 0.0938. The smallest absolute Gasteiger partial charge is 0.0698 e. The molecule has 0 aromatic heterocycles. The predicted molar refractivity (Wildman–Crippen MR) is 43.5 cm³/mol. The van der Waals surface area contributed by atoms with Crippen LogP contribution < -0.4 is 5.32 Å². The topological polar surface area (TPSA) is 41.5 Å². The molecular formula is C8H17NO2. The minimum Gasteiger partial charge on any atom is -0.394 e. The van der Waals surface area contributed by atoms with E-state index in [2.05, 4.69) is 5.32 Å². The Balaban J connectivity index is 1.66. The Bertz CT molecular complexity index is 94.1. The van der Waals surface area contributed by atoms with Crippen LogP contribution in [0.4, 0.5) is 0 Å². The van der Waals surface area contributed by atoms with Crippen molar-refractivity contribution in [1.82, 2.24) is 5.32 Å². The third-order valence-corrected chi connectivity index (χ3v) is 1.79. The molecule has 1 aliphatic carbocycles. The number of aliphatic hydroxyl groups excluding tert-OH is 1. The molecule has 3 nitrogen and oxygen atoms in total.